The van der Waals surface area contributed by atoms with Gasteiger partial charge in [-0.3, -0.25) is 0 Å². The van der Waals surface area contributed by atoms with Crippen LogP contribution in [0, 0.1) is 5.92 Å². The second-order valence-corrected chi connectivity index (χ2v) is 6.86. The van der Waals surface area contributed by atoms with Crippen molar-refractivity contribution in [1.82, 2.24) is 10.2 Å². The summed E-state index contributed by atoms with van der Waals surface area (Å²) >= 11 is 0. The van der Waals surface area contributed by atoms with Crippen LogP contribution in [0.2, 0.25) is 0 Å². The third kappa shape index (κ3) is 4.38. The normalized spacial score (nSPS) is 22.5. The molecule has 1 aliphatic heterocycles. The highest BCUT2D eigenvalue weighted by atomic mass is 16.3. The number of hydrogen-bond acceptors (Lipinski definition) is 3. The van der Waals surface area contributed by atoms with Gasteiger partial charge in [-0.05, 0) is 43.7 Å². The zero-order chi connectivity index (χ0) is 16.2. The molecule has 2 atom stereocenters. The maximum Gasteiger partial charge on any atom is 0.317 e. The van der Waals surface area contributed by atoms with Crippen LogP contribution in [-0.2, 0) is 0 Å². The van der Waals surface area contributed by atoms with E-state index in [1.54, 1.807) is 11.9 Å². The third-order valence-electron chi connectivity index (χ3n) is 4.84. The minimum absolute atomic E-state index is 0.0791. The van der Waals surface area contributed by atoms with Crippen molar-refractivity contribution in [2.75, 3.05) is 31.6 Å². The predicted molar refractivity (Wildman–Crippen MR) is 91.6 cm³/mol. The number of amides is 2. The molecular weight excluding hydrogens is 290 g/mol. The molecule has 2 aliphatic rings. The molecule has 1 saturated carbocycles. The first-order chi connectivity index (χ1) is 11.1. The van der Waals surface area contributed by atoms with Gasteiger partial charge in [0.05, 0.1) is 6.10 Å². The van der Waals surface area contributed by atoms with Gasteiger partial charge < -0.3 is 20.2 Å². The fourth-order valence-electron chi connectivity index (χ4n) is 3.25. The average Bonchev–Trinajstić information content (AvgIpc) is 3.41. The molecule has 1 aromatic rings. The van der Waals surface area contributed by atoms with Gasteiger partial charge in [-0.2, -0.15) is 0 Å². The molecule has 1 aromatic carbocycles. The van der Waals surface area contributed by atoms with Gasteiger partial charge in [-0.1, -0.05) is 18.2 Å². The summed E-state index contributed by atoms with van der Waals surface area (Å²) in [6, 6.07) is 10.4. The van der Waals surface area contributed by atoms with Gasteiger partial charge in [-0.25, -0.2) is 4.79 Å². The van der Waals surface area contributed by atoms with Crippen molar-refractivity contribution in [3.05, 3.63) is 30.3 Å². The number of aliphatic hydroxyl groups is 1. The van der Waals surface area contributed by atoms with Gasteiger partial charge in [0.25, 0.3) is 0 Å². The molecule has 2 unspecified atom stereocenters. The first-order valence-corrected chi connectivity index (χ1v) is 8.63. The highest BCUT2D eigenvalue weighted by Gasteiger charge is 2.31. The summed E-state index contributed by atoms with van der Waals surface area (Å²) < 4.78 is 0. The molecule has 2 N–H and O–H groups in total. The summed E-state index contributed by atoms with van der Waals surface area (Å²) in [5.74, 6) is 0.397. The topological polar surface area (TPSA) is 55.8 Å². The molecule has 126 valence electrons. The van der Waals surface area contributed by atoms with Crippen LogP contribution in [0.1, 0.15) is 25.7 Å². The number of para-hydroxylation sites is 1. The largest absolute Gasteiger partial charge is 0.391 e. The van der Waals surface area contributed by atoms with Crippen molar-refractivity contribution in [1.29, 1.82) is 0 Å². The second-order valence-electron chi connectivity index (χ2n) is 6.86. The first-order valence-electron chi connectivity index (χ1n) is 8.63. The molecule has 23 heavy (non-hydrogen) atoms. The highest BCUT2D eigenvalue weighted by Crippen LogP contribution is 2.32. The standard InChI is InChI=1S/C18H27N3O2/c1-20(13-17(22)14-9-10-14)18(23)19-15-6-5-11-21(12-15)16-7-3-2-4-8-16/h2-4,7-8,14-15,17,22H,5-6,9-13H2,1H3,(H,19,23). The van der Waals surface area contributed by atoms with Crippen LogP contribution in [-0.4, -0.2) is 54.9 Å². The van der Waals surface area contributed by atoms with Crippen LogP contribution >= 0.6 is 0 Å². The number of nitrogens with zero attached hydrogens (tertiary/aromatic N) is 2. The number of benzene rings is 1. The fourth-order valence-corrected chi connectivity index (χ4v) is 3.25. The van der Waals surface area contributed by atoms with Crippen molar-refractivity contribution in [3.8, 4) is 0 Å². The number of piperidine rings is 1. The summed E-state index contributed by atoms with van der Waals surface area (Å²) in [5, 5.41) is 13.1. The molecule has 3 rings (SSSR count). The van der Waals surface area contributed by atoms with Crippen LogP contribution in [0.25, 0.3) is 0 Å². The average molecular weight is 317 g/mol. The third-order valence-corrected chi connectivity index (χ3v) is 4.84. The lowest BCUT2D eigenvalue weighted by atomic mass is 10.0. The monoisotopic (exact) mass is 317 g/mol. The van der Waals surface area contributed by atoms with E-state index in [0.29, 0.717) is 12.5 Å². The van der Waals surface area contributed by atoms with E-state index >= 15 is 0 Å². The van der Waals surface area contributed by atoms with Crippen molar-refractivity contribution < 1.29 is 9.90 Å². The Kier molecular flexibility index (Phi) is 5.06. The molecule has 2 fully saturated rings. The summed E-state index contributed by atoms with van der Waals surface area (Å²) in [4.78, 5) is 16.3. The number of aliphatic hydroxyl groups excluding tert-OH is 1. The van der Waals surface area contributed by atoms with Crippen molar-refractivity contribution in [3.63, 3.8) is 0 Å². The number of urea groups is 1. The smallest absolute Gasteiger partial charge is 0.317 e. The lowest BCUT2D eigenvalue weighted by molar-refractivity contribution is 0.112. The molecule has 0 aromatic heterocycles. The van der Waals surface area contributed by atoms with E-state index in [0.717, 1.165) is 38.8 Å². The number of rotatable bonds is 5. The number of carbonyl (C=O) groups is 1. The number of anilines is 1. The quantitative estimate of drug-likeness (QED) is 0.874. The SMILES string of the molecule is CN(CC(O)C1CC1)C(=O)NC1CCCN(c2ccccc2)C1. The summed E-state index contributed by atoms with van der Waals surface area (Å²) in [6.07, 6.45) is 3.89. The zero-order valence-electron chi connectivity index (χ0n) is 13.8. The molecule has 1 aliphatic carbocycles. The molecular formula is C18H27N3O2. The maximum atomic E-state index is 12.3. The molecule has 0 bridgehead atoms. The molecule has 0 spiro atoms. The Bertz CT molecular complexity index is 518. The highest BCUT2D eigenvalue weighted by molar-refractivity contribution is 5.74. The van der Waals surface area contributed by atoms with E-state index in [-0.39, 0.29) is 18.2 Å². The summed E-state index contributed by atoms with van der Waals surface area (Å²) in [6.45, 7) is 2.30. The molecule has 2 amide bonds. The van der Waals surface area contributed by atoms with Crippen LogP contribution < -0.4 is 10.2 Å². The predicted octanol–water partition coefficient (Wildman–Crippen LogP) is 2.07. The number of nitrogens with one attached hydrogen (secondary N) is 1. The number of carbonyl (C=O) groups excluding carboxylic acids is 1. The summed E-state index contributed by atoms with van der Waals surface area (Å²) in [7, 11) is 1.76. The Hall–Kier alpha value is -1.75. The van der Waals surface area contributed by atoms with Gasteiger partial charge in [0.15, 0.2) is 0 Å². The first kappa shape index (κ1) is 16.1. The van der Waals surface area contributed by atoms with Gasteiger partial charge >= 0.3 is 6.03 Å². The summed E-state index contributed by atoms with van der Waals surface area (Å²) in [5.41, 5.74) is 1.21. The Morgan fingerprint density at radius 1 is 1.35 bits per heavy atom. The van der Waals surface area contributed by atoms with Gasteiger partial charge in [-0.15, -0.1) is 0 Å². The fraction of sp³-hybridized carbons (Fsp3) is 0.611. The van der Waals surface area contributed by atoms with Crippen molar-refractivity contribution >= 4 is 11.7 Å². The van der Waals surface area contributed by atoms with E-state index in [2.05, 4.69) is 22.3 Å². The van der Waals surface area contributed by atoms with E-state index in [4.69, 9.17) is 0 Å². The molecule has 1 heterocycles. The van der Waals surface area contributed by atoms with E-state index in [1.165, 1.54) is 5.69 Å². The van der Waals surface area contributed by atoms with Crippen LogP contribution in [0.15, 0.2) is 30.3 Å². The lowest BCUT2D eigenvalue weighted by Crippen LogP contribution is -2.52. The molecule has 0 radical (unpaired) electrons. The lowest BCUT2D eigenvalue weighted by Gasteiger charge is -2.35. The second kappa shape index (κ2) is 7.21. The Morgan fingerprint density at radius 2 is 2.09 bits per heavy atom. The molecule has 1 saturated heterocycles. The van der Waals surface area contributed by atoms with Crippen LogP contribution in [0.5, 0.6) is 0 Å². The minimum atomic E-state index is -0.377. The van der Waals surface area contributed by atoms with Crippen LogP contribution in [0.4, 0.5) is 10.5 Å². The maximum absolute atomic E-state index is 12.3. The molecule has 5 heteroatoms. The van der Waals surface area contributed by atoms with Crippen molar-refractivity contribution in [2.24, 2.45) is 5.92 Å². The van der Waals surface area contributed by atoms with E-state index < -0.39 is 0 Å². The molecule has 5 nitrogen and oxygen atoms in total. The van der Waals surface area contributed by atoms with Gasteiger partial charge in [0, 0.05) is 38.4 Å². The number of hydrogen-bond donors (Lipinski definition) is 2. The van der Waals surface area contributed by atoms with Crippen molar-refractivity contribution in [2.45, 2.75) is 37.8 Å². The van der Waals surface area contributed by atoms with E-state index in [1.807, 2.05) is 18.2 Å². The zero-order valence-corrected chi connectivity index (χ0v) is 13.8. The van der Waals surface area contributed by atoms with Crippen LogP contribution in [0.3, 0.4) is 0 Å². The van der Waals surface area contributed by atoms with Gasteiger partial charge in [0.2, 0.25) is 0 Å². The number of likely N-dealkylation sites (N-methyl/N-ethyl adjacent to an activating group) is 1. The Balaban J connectivity index is 1.49. The van der Waals surface area contributed by atoms with Gasteiger partial charge in [0.1, 0.15) is 0 Å². The Labute approximate surface area is 138 Å². The Morgan fingerprint density at radius 3 is 2.78 bits per heavy atom. The van der Waals surface area contributed by atoms with E-state index in [9.17, 15) is 9.90 Å². The minimum Gasteiger partial charge on any atom is -0.391 e.